The van der Waals surface area contributed by atoms with E-state index in [-0.39, 0.29) is 11.4 Å². The first-order valence-electron chi connectivity index (χ1n) is 7.49. The first kappa shape index (κ1) is 14.1. The first-order chi connectivity index (χ1) is 9.12. The van der Waals surface area contributed by atoms with Crippen LogP contribution in [0.4, 0.5) is 0 Å². The van der Waals surface area contributed by atoms with Crippen molar-refractivity contribution in [3.8, 4) is 0 Å². The van der Waals surface area contributed by atoms with Crippen molar-refractivity contribution >= 4 is 5.91 Å². The summed E-state index contributed by atoms with van der Waals surface area (Å²) in [5.74, 6) is 0.608. The minimum absolute atomic E-state index is 0.120. The van der Waals surface area contributed by atoms with Gasteiger partial charge in [0.2, 0.25) is 5.91 Å². The Balaban J connectivity index is 2.18. The number of carbonyl (C=O) groups excluding carboxylic acids is 1. The zero-order valence-corrected chi connectivity index (χ0v) is 12.1. The van der Waals surface area contributed by atoms with Crippen LogP contribution < -0.4 is 5.32 Å². The fourth-order valence-electron chi connectivity index (χ4n) is 3.09. The zero-order chi connectivity index (χ0) is 13.7. The van der Waals surface area contributed by atoms with Gasteiger partial charge in [0.25, 0.3) is 0 Å². The van der Waals surface area contributed by atoms with Gasteiger partial charge in [-0.1, -0.05) is 63.4 Å². The van der Waals surface area contributed by atoms with E-state index in [4.69, 9.17) is 0 Å². The van der Waals surface area contributed by atoms with Crippen molar-refractivity contribution < 1.29 is 4.79 Å². The number of benzene rings is 1. The van der Waals surface area contributed by atoms with E-state index in [1.54, 1.807) is 0 Å². The molecule has 0 unspecified atom stereocenters. The van der Waals surface area contributed by atoms with E-state index in [0.29, 0.717) is 12.3 Å². The van der Waals surface area contributed by atoms with Gasteiger partial charge in [-0.05, 0) is 24.3 Å². The van der Waals surface area contributed by atoms with Crippen LogP contribution in [0.25, 0.3) is 0 Å². The van der Waals surface area contributed by atoms with Crippen LogP contribution in [0.1, 0.15) is 57.9 Å². The third-order valence-electron chi connectivity index (χ3n) is 4.01. The molecule has 0 aliphatic heterocycles. The highest BCUT2D eigenvalue weighted by molar-refractivity contribution is 5.77. The highest BCUT2D eigenvalue weighted by Crippen LogP contribution is 2.37. The Labute approximate surface area is 116 Å². The third-order valence-corrected chi connectivity index (χ3v) is 4.01. The van der Waals surface area contributed by atoms with E-state index in [0.717, 1.165) is 12.8 Å². The average Bonchev–Trinajstić information content (AvgIpc) is 2.40. The largest absolute Gasteiger partial charge is 0.347 e. The van der Waals surface area contributed by atoms with Crippen molar-refractivity contribution in [2.24, 2.45) is 5.92 Å². The average molecular weight is 259 g/mol. The molecule has 2 rings (SSSR count). The lowest BCUT2D eigenvalue weighted by Gasteiger charge is -2.39. The maximum absolute atomic E-state index is 12.2. The topological polar surface area (TPSA) is 29.1 Å². The van der Waals surface area contributed by atoms with E-state index in [1.807, 2.05) is 6.07 Å². The zero-order valence-electron chi connectivity index (χ0n) is 12.1. The van der Waals surface area contributed by atoms with Crippen molar-refractivity contribution in [3.63, 3.8) is 0 Å². The molecular formula is C17H25NO. The molecule has 0 saturated heterocycles. The van der Waals surface area contributed by atoms with E-state index in [2.05, 4.69) is 43.4 Å². The summed E-state index contributed by atoms with van der Waals surface area (Å²) in [6.45, 7) is 4.19. The quantitative estimate of drug-likeness (QED) is 0.869. The van der Waals surface area contributed by atoms with Gasteiger partial charge in [0, 0.05) is 6.42 Å². The molecule has 1 amide bonds. The second kappa shape index (κ2) is 6.23. The Bertz CT molecular complexity index is 405. The van der Waals surface area contributed by atoms with Crippen LogP contribution in [0, 0.1) is 5.92 Å². The molecule has 0 radical (unpaired) electrons. The molecule has 1 fully saturated rings. The third kappa shape index (κ3) is 3.59. The first-order valence-corrected chi connectivity index (χ1v) is 7.49. The predicted octanol–water partition coefficient (Wildman–Crippen LogP) is 4.01. The molecule has 2 heteroatoms. The smallest absolute Gasteiger partial charge is 0.220 e. The monoisotopic (exact) mass is 259 g/mol. The van der Waals surface area contributed by atoms with Crippen LogP contribution in [0.15, 0.2) is 30.3 Å². The Kier molecular flexibility index (Phi) is 4.62. The Morgan fingerprint density at radius 2 is 1.79 bits per heavy atom. The Hall–Kier alpha value is -1.31. The van der Waals surface area contributed by atoms with Crippen LogP contribution in [0.5, 0.6) is 0 Å². The molecule has 0 atom stereocenters. The lowest BCUT2D eigenvalue weighted by atomic mass is 9.76. The molecule has 1 N–H and O–H groups in total. The summed E-state index contributed by atoms with van der Waals surface area (Å²) in [6, 6.07) is 10.5. The van der Waals surface area contributed by atoms with Crippen LogP contribution in [-0.2, 0) is 10.3 Å². The van der Waals surface area contributed by atoms with Gasteiger partial charge in [-0.15, -0.1) is 0 Å². The lowest BCUT2D eigenvalue weighted by Crippen LogP contribution is -2.47. The van der Waals surface area contributed by atoms with Crippen molar-refractivity contribution in [1.82, 2.24) is 5.32 Å². The number of amides is 1. The highest BCUT2D eigenvalue weighted by atomic mass is 16.1. The summed E-state index contributed by atoms with van der Waals surface area (Å²) in [7, 11) is 0. The lowest BCUT2D eigenvalue weighted by molar-refractivity contribution is -0.124. The van der Waals surface area contributed by atoms with Crippen LogP contribution >= 0.6 is 0 Å². The normalized spacial score (nSPS) is 18.3. The fourth-order valence-corrected chi connectivity index (χ4v) is 3.09. The van der Waals surface area contributed by atoms with Gasteiger partial charge in [0.1, 0.15) is 0 Å². The van der Waals surface area contributed by atoms with E-state index in [9.17, 15) is 4.79 Å². The fraction of sp³-hybridized carbons (Fsp3) is 0.588. The van der Waals surface area contributed by atoms with Crippen molar-refractivity contribution in [2.75, 3.05) is 0 Å². The van der Waals surface area contributed by atoms with Crippen molar-refractivity contribution in [2.45, 2.75) is 57.9 Å². The molecule has 1 aromatic carbocycles. The molecule has 2 nitrogen and oxygen atoms in total. The van der Waals surface area contributed by atoms with Crippen molar-refractivity contribution in [1.29, 1.82) is 0 Å². The number of hydrogen-bond acceptors (Lipinski definition) is 1. The number of nitrogens with one attached hydrogen (secondary N) is 1. The van der Waals surface area contributed by atoms with Crippen LogP contribution in [0.2, 0.25) is 0 Å². The Morgan fingerprint density at radius 1 is 1.16 bits per heavy atom. The number of carbonyl (C=O) groups is 1. The summed E-state index contributed by atoms with van der Waals surface area (Å²) < 4.78 is 0. The molecular weight excluding hydrogens is 234 g/mol. The standard InChI is InChI=1S/C17H25NO/c1-14(2)13-16(19)18-17(11-7-4-8-12-17)15-9-5-3-6-10-15/h3,5-6,9-10,14H,4,7-8,11-13H2,1-2H3,(H,18,19). The van der Waals surface area contributed by atoms with E-state index >= 15 is 0 Å². The molecule has 19 heavy (non-hydrogen) atoms. The maximum atomic E-state index is 12.2. The van der Waals surface area contributed by atoms with Gasteiger partial charge >= 0.3 is 0 Å². The van der Waals surface area contributed by atoms with Gasteiger partial charge in [0.15, 0.2) is 0 Å². The molecule has 1 aliphatic rings. The van der Waals surface area contributed by atoms with Gasteiger partial charge in [-0.3, -0.25) is 4.79 Å². The van der Waals surface area contributed by atoms with E-state index in [1.165, 1.54) is 24.8 Å². The second-order valence-corrected chi connectivity index (χ2v) is 6.15. The molecule has 1 aromatic rings. The van der Waals surface area contributed by atoms with Gasteiger partial charge in [-0.2, -0.15) is 0 Å². The number of hydrogen-bond donors (Lipinski definition) is 1. The summed E-state index contributed by atoms with van der Waals surface area (Å²) in [5.41, 5.74) is 1.15. The SMILES string of the molecule is CC(C)CC(=O)NC1(c2ccccc2)CCCCC1. The summed E-state index contributed by atoms with van der Waals surface area (Å²) in [6.07, 6.45) is 6.46. The molecule has 0 spiro atoms. The molecule has 0 aromatic heterocycles. The molecule has 1 aliphatic carbocycles. The maximum Gasteiger partial charge on any atom is 0.220 e. The van der Waals surface area contributed by atoms with E-state index < -0.39 is 0 Å². The summed E-state index contributed by atoms with van der Waals surface area (Å²) in [4.78, 5) is 12.2. The predicted molar refractivity (Wildman–Crippen MR) is 78.8 cm³/mol. The second-order valence-electron chi connectivity index (χ2n) is 6.15. The van der Waals surface area contributed by atoms with Crippen LogP contribution in [0.3, 0.4) is 0 Å². The van der Waals surface area contributed by atoms with Gasteiger partial charge in [0.05, 0.1) is 5.54 Å². The minimum Gasteiger partial charge on any atom is -0.347 e. The van der Waals surface area contributed by atoms with Gasteiger partial charge in [-0.25, -0.2) is 0 Å². The summed E-state index contributed by atoms with van der Waals surface area (Å²) in [5, 5.41) is 3.34. The Morgan fingerprint density at radius 3 is 2.37 bits per heavy atom. The molecule has 0 bridgehead atoms. The molecule has 0 heterocycles. The molecule has 1 saturated carbocycles. The highest BCUT2D eigenvalue weighted by Gasteiger charge is 2.35. The van der Waals surface area contributed by atoms with Crippen molar-refractivity contribution in [3.05, 3.63) is 35.9 Å². The van der Waals surface area contributed by atoms with Crippen LogP contribution in [-0.4, -0.2) is 5.91 Å². The molecule has 104 valence electrons. The van der Waals surface area contributed by atoms with Gasteiger partial charge < -0.3 is 5.32 Å². The number of rotatable bonds is 4. The minimum atomic E-state index is -0.120. The summed E-state index contributed by atoms with van der Waals surface area (Å²) >= 11 is 0.